The van der Waals surface area contributed by atoms with Crippen molar-refractivity contribution in [1.29, 1.82) is 0 Å². The second-order valence-electron chi connectivity index (χ2n) is 7.63. The molecule has 1 heterocycles. The van der Waals surface area contributed by atoms with Crippen molar-refractivity contribution in [2.45, 2.75) is 26.2 Å². The van der Waals surface area contributed by atoms with Gasteiger partial charge in [0.2, 0.25) is 11.8 Å². The molecule has 144 valence electrons. The van der Waals surface area contributed by atoms with E-state index in [1.165, 1.54) is 4.90 Å². The maximum absolute atomic E-state index is 12.9. The minimum absolute atomic E-state index is 0.148. The van der Waals surface area contributed by atoms with Crippen molar-refractivity contribution in [3.63, 3.8) is 0 Å². The largest absolute Gasteiger partial charge is 0.321 e. The molecular formula is C22H21ClN2O3. The van der Waals surface area contributed by atoms with Crippen LogP contribution in [0, 0.1) is 17.8 Å². The minimum atomic E-state index is -0.347. The number of anilines is 2. The number of nitrogens with one attached hydrogen (secondary N) is 1. The summed E-state index contributed by atoms with van der Waals surface area (Å²) in [5, 5.41) is 3.20. The first kappa shape index (κ1) is 18.7. The smallest absolute Gasteiger partial charge is 0.255 e. The van der Waals surface area contributed by atoms with Crippen molar-refractivity contribution in [2.24, 2.45) is 17.8 Å². The first-order chi connectivity index (χ1) is 13.5. The van der Waals surface area contributed by atoms with Gasteiger partial charge in [0.25, 0.3) is 5.91 Å². The molecule has 6 heteroatoms. The number of hydrogen-bond acceptors (Lipinski definition) is 3. The summed E-state index contributed by atoms with van der Waals surface area (Å²) >= 11 is 6.10. The number of nitrogens with zero attached hydrogens (tertiary/aromatic N) is 1. The number of carbonyl (C=O) groups excluding carboxylic acids is 3. The van der Waals surface area contributed by atoms with Crippen molar-refractivity contribution in [1.82, 2.24) is 0 Å². The minimum Gasteiger partial charge on any atom is -0.321 e. The molecule has 2 aliphatic rings. The van der Waals surface area contributed by atoms with Crippen LogP contribution in [0.1, 0.15) is 36.5 Å². The molecule has 3 atom stereocenters. The molecule has 0 spiro atoms. The van der Waals surface area contributed by atoms with Gasteiger partial charge in [-0.1, -0.05) is 36.7 Å². The van der Waals surface area contributed by atoms with Gasteiger partial charge in [-0.15, -0.1) is 0 Å². The topological polar surface area (TPSA) is 66.5 Å². The van der Waals surface area contributed by atoms with Gasteiger partial charge in [0, 0.05) is 5.56 Å². The lowest BCUT2D eigenvalue weighted by atomic mass is 9.76. The molecule has 0 radical (unpaired) electrons. The number of para-hydroxylation sites is 1. The molecule has 4 rings (SSSR count). The van der Waals surface area contributed by atoms with Gasteiger partial charge in [-0.25, -0.2) is 0 Å². The lowest BCUT2D eigenvalue weighted by Gasteiger charge is -2.25. The summed E-state index contributed by atoms with van der Waals surface area (Å²) in [7, 11) is 0. The van der Waals surface area contributed by atoms with E-state index in [1.54, 1.807) is 48.5 Å². The first-order valence-electron chi connectivity index (χ1n) is 9.49. The number of imide groups is 1. The quantitative estimate of drug-likeness (QED) is 0.776. The highest BCUT2D eigenvalue weighted by atomic mass is 35.5. The van der Waals surface area contributed by atoms with E-state index >= 15 is 0 Å². The second kappa shape index (κ2) is 7.40. The number of halogens is 1. The van der Waals surface area contributed by atoms with Gasteiger partial charge in [0.05, 0.1) is 28.2 Å². The van der Waals surface area contributed by atoms with E-state index in [1.807, 2.05) is 0 Å². The molecule has 3 amide bonds. The predicted octanol–water partition coefficient (Wildman–Crippen LogP) is 4.52. The van der Waals surface area contributed by atoms with Crippen molar-refractivity contribution < 1.29 is 14.4 Å². The zero-order chi connectivity index (χ0) is 19.8. The van der Waals surface area contributed by atoms with Crippen LogP contribution in [0.15, 0.2) is 48.5 Å². The third-order valence-corrected chi connectivity index (χ3v) is 6.01. The molecule has 0 bridgehead atoms. The van der Waals surface area contributed by atoms with Gasteiger partial charge in [-0.05, 0) is 55.5 Å². The van der Waals surface area contributed by atoms with E-state index < -0.39 is 0 Å². The van der Waals surface area contributed by atoms with Gasteiger partial charge in [-0.2, -0.15) is 0 Å². The number of benzene rings is 2. The fourth-order valence-electron chi connectivity index (χ4n) is 4.19. The Bertz CT molecular complexity index is 958. The zero-order valence-electron chi connectivity index (χ0n) is 15.5. The Morgan fingerprint density at radius 1 is 1.04 bits per heavy atom. The third-order valence-electron chi connectivity index (χ3n) is 5.68. The van der Waals surface area contributed by atoms with Crippen molar-refractivity contribution in [2.75, 3.05) is 10.2 Å². The highest BCUT2D eigenvalue weighted by Crippen LogP contribution is 2.42. The number of fused-ring (bicyclic) bond motifs is 1. The van der Waals surface area contributed by atoms with E-state index in [4.69, 9.17) is 11.6 Å². The van der Waals surface area contributed by atoms with Crippen molar-refractivity contribution >= 4 is 40.7 Å². The average molecular weight is 397 g/mol. The lowest BCUT2D eigenvalue weighted by Crippen LogP contribution is -2.31. The summed E-state index contributed by atoms with van der Waals surface area (Å²) < 4.78 is 0. The fraction of sp³-hybridized carbons (Fsp3) is 0.318. The van der Waals surface area contributed by atoms with Gasteiger partial charge in [0.15, 0.2) is 0 Å². The molecule has 1 aliphatic heterocycles. The standard InChI is InChI=1S/C22H21ClN2O3/c1-13-9-10-16-17(11-13)22(28)25(21(16)27)15-6-4-5-14(12-15)20(26)24-19-8-3-2-7-18(19)23/h2-8,12-13,16-17H,9-11H2,1H3,(H,24,26)/t13-,16+,17+/m1/s1. The maximum Gasteiger partial charge on any atom is 0.255 e. The Labute approximate surface area is 168 Å². The van der Waals surface area contributed by atoms with Crippen LogP contribution >= 0.6 is 11.6 Å². The summed E-state index contributed by atoms with van der Waals surface area (Å²) in [6.45, 7) is 2.12. The Kier molecular flexibility index (Phi) is 4.94. The number of amides is 3. The Balaban J connectivity index is 1.59. The van der Waals surface area contributed by atoms with Crippen LogP contribution in [0.5, 0.6) is 0 Å². The van der Waals surface area contributed by atoms with Crippen LogP contribution in [0.3, 0.4) is 0 Å². The molecule has 1 aliphatic carbocycles. The van der Waals surface area contributed by atoms with Crippen LogP contribution in [0.2, 0.25) is 5.02 Å². The molecule has 1 N–H and O–H groups in total. The molecule has 1 saturated heterocycles. The normalized spacial score (nSPS) is 24.2. The van der Waals surface area contributed by atoms with E-state index in [-0.39, 0.29) is 29.6 Å². The van der Waals surface area contributed by atoms with Gasteiger partial charge in [-0.3, -0.25) is 19.3 Å². The van der Waals surface area contributed by atoms with E-state index in [9.17, 15) is 14.4 Å². The first-order valence-corrected chi connectivity index (χ1v) is 9.87. The van der Waals surface area contributed by atoms with Gasteiger partial charge < -0.3 is 5.32 Å². The molecule has 2 aromatic rings. The van der Waals surface area contributed by atoms with Crippen molar-refractivity contribution in [3.8, 4) is 0 Å². The molecule has 0 aromatic heterocycles. The molecular weight excluding hydrogens is 376 g/mol. The zero-order valence-corrected chi connectivity index (χ0v) is 16.3. The number of carbonyl (C=O) groups is 3. The molecule has 0 unspecified atom stereocenters. The van der Waals surface area contributed by atoms with E-state index in [0.717, 1.165) is 19.3 Å². The van der Waals surface area contributed by atoms with Crippen molar-refractivity contribution in [3.05, 3.63) is 59.1 Å². The molecule has 2 fully saturated rings. The number of hydrogen-bond donors (Lipinski definition) is 1. The summed E-state index contributed by atoms with van der Waals surface area (Å²) in [4.78, 5) is 39.7. The summed E-state index contributed by atoms with van der Waals surface area (Å²) in [5.41, 5.74) is 1.32. The predicted molar refractivity (Wildman–Crippen MR) is 108 cm³/mol. The third kappa shape index (κ3) is 3.31. The van der Waals surface area contributed by atoms with Gasteiger partial charge in [0.1, 0.15) is 0 Å². The molecule has 5 nitrogen and oxygen atoms in total. The summed E-state index contributed by atoms with van der Waals surface area (Å²) in [6, 6.07) is 13.6. The molecule has 2 aromatic carbocycles. The average Bonchev–Trinajstić information content (AvgIpc) is 2.93. The second-order valence-corrected chi connectivity index (χ2v) is 8.03. The highest BCUT2D eigenvalue weighted by Gasteiger charge is 2.50. The molecule has 1 saturated carbocycles. The van der Waals surface area contributed by atoms with Crippen LogP contribution in [0.25, 0.3) is 0 Å². The summed E-state index contributed by atoms with van der Waals surface area (Å²) in [5.74, 6) is -0.664. The van der Waals surface area contributed by atoms with Gasteiger partial charge >= 0.3 is 0 Å². The Morgan fingerprint density at radius 3 is 2.57 bits per heavy atom. The SMILES string of the molecule is C[C@@H]1CC[C@@H]2C(=O)N(c3cccc(C(=O)Nc4ccccc4Cl)c3)C(=O)[C@H]2C1. The molecule has 28 heavy (non-hydrogen) atoms. The lowest BCUT2D eigenvalue weighted by molar-refractivity contribution is -0.122. The monoisotopic (exact) mass is 396 g/mol. The van der Waals surface area contributed by atoms with Crippen LogP contribution < -0.4 is 10.2 Å². The van der Waals surface area contributed by atoms with Crippen LogP contribution in [0.4, 0.5) is 11.4 Å². The van der Waals surface area contributed by atoms with Crippen LogP contribution in [-0.2, 0) is 9.59 Å². The highest BCUT2D eigenvalue weighted by molar-refractivity contribution is 6.34. The van der Waals surface area contributed by atoms with E-state index in [0.29, 0.717) is 27.9 Å². The van der Waals surface area contributed by atoms with Crippen LogP contribution in [-0.4, -0.2) is 17.7 Å². The summed E-state index contributed by atoms with van der Waals surface area (Å²) in [6.07, 6.45) is 2.46. The Hall–Kier alpha value is -2.66. The fourth-order valence-corrected chi connectivity index (χ4v) is 4.37. The number of rotatable bonds is 3. The Morgan fingerprint density at radius 2 is 1.79 bits per heavy atom. The van der Waals surface area contributed by atoms with E-state index in [2.05, 4.69) is 12.2 Å². The maximum atomic E-state index is 12.9.